The zero-order chi connectivity index (χ0) is 33.3. The first-order valence-electron chi connectivity index (χ1n) is 13.9. The Labute approximate surface area is 283 Å². The minimum Gasteiger partial charge on any atom is -0.453 e. The fourth-order valence-corrected chi connectivity index (χ4v) is 4.96. The Balaban J connectivity index is 1.37. The minimum atomic E-state index is -0.901. The van der Waals surface area contributed by atoms with Gasteiger partial charge >= 0.3 is 6.09 Å². The molecule has 0 aliphatic heterocycles. The van der Waals surface area contributed by atoms with Gasteiger partial charge in [-0.05, 0) is 64.5 Å². The second kappa shape index (κ2) is 15.4. The summed E-state index contributed by atoms with van der Waals surface area (Å²) in [4.78, 5) is 45.5. The summed E-state index contributed by atoms with van der Waals surface area (Å²) in [6, 6.07) is 17.9. The smallest absolute Gasteiger partial charge is 0.411 e. The molecule has 0 aliphatic rings. The van der Waals surface area contributed by atoms with Gasteiger partial charge in [-0.3, -0.25) is 14.9 Å². The number of carbonyl (C=O) groups excluding carboxylic acids is 3. The number of hydrogen-bond donors (Lipinski definition) is 4. The Morgan fingerprint density at radius 2 is 1.74 bits per heavy atom. The van der Waals surface area contributed by atoms with E-state index >= 15 is 0 Å². The van der Waals surface area contributed by atoms with E-state index in [0.29, 0.717) is 38.2 Å². The molecule has 1 atom stereocenters. The molecule has 5 rings (SSSR count). The molecule has 4 N–H and O–H groups in total. The van der Waals surface area contributed by atoms with Crippen LogP contribution in [0.25, 0.3) is 23.0 Å². The molecular formula is C31H26Cl3N9O4. The van der Waals surface area contributed by atoms with E-state index in [0.717, 1.165) is 5.56 Å². The van der Waals surface area contributed by atoms with Gasteiger partial charge in [0, 0.05) is 39.5 Å². The Morgan fingerprint density at radius 3 is 2.45 bits per heavy atom. The Hall–Kier alpha value is -5.24. The highest BCUT2D eigenvalue weighted by molar-refractivity contribution is 6.32. The van der Waals surface area contributed by atoms with Crippen LogP contribution in [0.4, 0.5) is 10.5 Å². The average molecular weight is 695 g/mol. The number of ether oxygens (including phenoxy) is 1. The lowest BCUT2D eigenvalue weighted by Crippen LogP contribution is -2.33. The predicted octanol–water partition coefficient (Wildman–Crippen LogP) is 5.77. The number of rotatable bonds is 11. The molecule has 0 spiro atoms. The summed E-state index contributed by atoms with van der Waals surface area (Å²) in [5.74, 6) is -0.616. The standard InChI is InChI=1S/C31H26Cl3N9O4/c1-47-31(46)37-23-10-4-19(5-11-23)28-29(34)40-30(39-28)24(15-27(45)35-16-18-2-7-21(32)8-3-18)38-26(44)13-6-20-14-22(33)9-12-25(20)43-17-36-41-42-43/h2-14,17,24H,15-16H2,1H3,(H,35,45)(H,37,46)(H,38,44)(H,39,40)/t24-/m0/s1. The SMILES string of the molecule is COC(=O)Nc1ccc(-c2nc([C@H](CC(=O)NCc3ccc(Cl)cc3)NC(=O)C=Cc3cc(Cl)ccc3-n3cnnn3)[nH]c2Cl)cc1. The largest absolute Gasteiger partial charge is 0.453 e. The molecule has 0 radical (unpaired) electrons. The molecule has 2 heterocycles. The quantitative estimate of drug-likeness (QED) is 0.126. The first-order valence-corrected chi connectivity index (χ1v) is 15.1. The van der Waals surface area contributed by atoms with Gasteiger partial charge in [0.05, 0.1) is 25.3 Å². The number of aromatic nitrogens is 6. The van der Waals surface area contributed by atoms with Crippen LogP contribution in [0.5, 0.6) is 0 Å². The molecule has 16 heteroatoms. The first kappa shape index (κ1) is 33.1. The van der Waals surface area contributed by atoms with Gasteiger partial charge in [-0.15, -0.1) is 5.10 Å². The highest BCUT2D eigenvalue weighted by Gasteiger charge is 2.23. The normalized spacial score (nSPS) is 11.7. The number of aromatic amines is 1. The van der Waals surface area contributed by atoms with Crippen LogP contribution in [-0.2, 0) is 20.9 Å². The summed E-state index contributed by atoms with van der Waals surface area (Å²) >= 11 is 18.7. The molecule has 0 saturated heterocycles. The van der Waals surface area contributed by atoms with E-state index in [4.69, 9.17) is 34.8 Å². The predicted molar refractivity (Wildman–Crippen MR) is 177 cm³/mol. The van der Waals surface area contributed by atoms with Gasteiger partial charge in [0.1, 0.15) is 23.0 Å². The van der Waals surface area contributed by atoms with Gasteiger partial charge in [-0.25, -0.2) is 9.78 Å². The maximum absolute atomic E-state index is 13.2. The number of benzene rings is 3. The molecule has 47 heavy (non-hydrogen) atoms. The van der Waals surface area contributed by atoms with Crippen molar-refractivity contribution < 1.29 is 19.1 Å². The van der Waals surface area contributed by atoms with Crippen molar-refractivity contribution >= 4 is 64.5 Å². The summed E-state index contributed by atoms with van der Waals surface area (Å²) in [6.07, 6.45) is 3.50. The van der Waals surface area contributed by atoms with E-state index in [9.17, 15) is 14.4 Å². The van der Waals surface area contributed by atoms with Crippen molar-refractivity contribution in [2.24, 2.45) is 0 Å². The van der Waals surface area contributed by atoms with Gasteiger partial charge in [-0.2, -0.15) is 4.68 Å². The highest BCUT2D eigenvalue weighted by atomic mass is 35.5. The molecule has 0 saturated carbocycles. The van der Waals surface area contributed by atoms with Crippen LogP contribution < -0.4 is 16.0 Å². The lowest BCUT2D eigenvalue weighted by Gasteiger charge is -2.16. The van der Waals surface area contributed by atoms with Crippen molar-refractivity contribution in [1.29, 1.82) is 0 Å². The van der Waals surface area contributed by atoms with Crippen molar-refractivity contribution in [2.45, 2.75) is 19.0 Å². The third kappa shape index (κ3) is 8.94. The second-order valence-corrected chi connectivity index (χ2v) is 11.2. The molecule has 240 valence electrons. The number of tetrazole rings is 1. The molecule has 0 aliphatic carbocycles. The number of nitrogens with zero attached hydrogens (tertiary/aromatic N) is 5. The van der Waals surface area contributed by atoms with Crippen molar-refractivity contribution in [3.05, 3.63) is 111 Å². The molecule has 0 fully saturated rings. The number of imidazole rings is 1. The number of methoxy groups -OCH3 is 1. The number of halogens is 3. The Kier molecular flexibility index (Phi) is 10.8. The minimum absolute atomic E-state index is 0.161. The fraction of sp³-hybridized carbons (Fsp3) is 0.129. The molecule has 5 aromatic rings. The van der Waals surface area contributed by atoms with E-state index in [1.165, 1.54) is 24.2 Å². The summed E-state index contributed by atoms with van der Waals surface area (Å²) in [7, 11) is 1.27. The number of amides is 3. The summed E-state index contributed by atoms with van der Waals surface area (Å²) in [6.45, 7) is 0.251. The Bertz CT molecular complexity index is 1890. The van der Waals surface area contributed by atoms with Gasteiger partial charge in [0.25, 0.3) is 0 Å². The number of carbonyl (C=O) groups is 3. The molecule has 2 aromatic heterocycles. The van der Waals surface area contributed by atoms with Crippen LogP contribution in [-0.4, -0.2) is 55.2 Å². The summed E-state index contributed by atoms with van der Waals surface area (Å²) < 4.78 is 6.05. The third-order valence-electron chi connectivity index (χ3n) is 6.71. The fourth-order valence-electron chi connectivity index (χ4n) is 4.41. The molecular weight excluding hydrogens is 669 g/mol. The second-order valence-electron chi connectivity index (χ2n) is 9.94. The van der Waals surface area contributed by atoms with Crippen LogP contribution in [0.1, 0.15) is 29.4 Å². The van der Waals surface area contributed by atoms with Crippen LogP contribution in [0.3, 0.4) is 0 Å². The maximum atomic E-state index is 13.2. The lowest BCUT2D eigenvalue weighted by atomic mass is 10.1. The number of hydrogen-bond acceptors (Lipinski definition) is 8. The van der Waals surface area contributed by atoms with Crippen molar-refractivity contribution in [2.75, 3.05) is 12.4 Å². The number of H-pyrrole nitrogens is 1. The van der Waals surface area contributed by atoms with Crippen molar-refractivity contribution in [3.63, 3.8) is 0 Å². The van der Waals surface area contributed by atoms with Gasteiger partial charge in [0.2, 0.25) is 11.8 Å². The monoisotopic (exact) mass is 693 g/mol. The van der Waals surface area contributed by atoms with Crippen molar-refractivity contribution in [1.82, 2.24) is 40.8 Å². The van der Waals surface area contributed by atoms with E-state index in [1.54, 1.807) is 72.8 Å². The third-order valence-corrected chi connectivity index (χ3v) is 7.47. The van der Waals surface area contributed by atoms with Crippen LogP contribution in [0.2, 0.25) is 15.2 Å². The molecule has 3 aromatic carbocycles. The number of nitrogens with one attached hydrogen (secondary N) is 4. The van der Waals surface area contributed by atoms with Gasteiger partial charge in [0.15, 0.2) is 0 Å². The van der Waals surface area contributed by atoms with Gasteiger partial charge < -0.3 is 20.4 Å². The van der Waals surface area contributed by atoms with E-state index < -0.39 is 18.0 Å². The zero-order valence-electron chi connectivity index (χ0n) is 24.6. The average Bonchev–Trinajstić information content (AvgIpc) is 3.74. The first-order chi connectivity index (χ1) is 22.7. The molecule has 3 amide bonds. The summed E-state index contributed by atoms with van der Waals surface area (Å²) in [5, 5.41) is 20.7. The van der Waals surface area contributed by atoms with E-state index in [2.05, 4.69) is 46.2 Å². The van der Waals surface area contributed by atoms with Gasteiger partial charge in [-0.1, -0.05) is 59.1 Å². The Morgan fingerprint density at radius 1 is 1.00 bits per heavy atom. The van der Waals surface area contributed by atoms with Crippen LogP contribution in [0.15, 0.2) is 79.1 Å². The number of anilines is 1. The lowest BCUT2D eigenvalue weighted by molar-refractivity contribution is -0.122. The molecule has 0 unspecified atom stereocenters. The van der Waals surface area contributed by atoms with Crippen LogP contribution in [0, 0.1) is 0 Å². The molecule has 0 bridgehead atoms. The van der Waals surface area contributed by atoms with E-state index in [1.807, 2.05) is 0 Å². The van der Waals surface area contributed by atoms with Crippen molar-refractivity contribution in [3.8, 4) is 16.9 Å². The zero-order valence-corrected chi connectivity index (χ0v) is 26.8. The van der Waals surface area contributed by atoms with E-state index in [-0.39, 0.29) is 29.9 Å². The topological polar surface area (TPSA) is 169 Å². The highest BCUT2D eigenvalue weighted by Crippen LogP contribution is 2.29. The van der Waals surface area contributed by atoms with Crippen LogP contribution >= 0.6 is 34.8 Å². The summed E-state index contributed by atoms with van der Waals surface area (Å²) in [5.41, 5.74) is 3.53. The molecule has 13 nitrogen and oxygen atoms in total. The maximum Gasteiger partial charge on any atom is 0.411 e.